The van der Waals surface area contributed by atoms with Gasteiger partial charge in [-0.05, 0) is 58.7 Å². The van der Waals surface area contributed by atoms with E-state index in [4.69, 9.17) is 9.72 Å². The highest BCUT2D eigenvalue weighted by atomic mass is 79.9. The van der Waals surface area contributed by atoms with Crippen LogP contribution in [0.5, 0.6) is 5.75 Å². The smallest absolute Gasteiger partial charge is 0.204 e. The number of pyridine rings is 1. The van der Waals surface area contributed by atoms with Gasteiger partial charge >= 0.3 is 0 Å². The number of benzene rings is 1. The van der Waals surface area contributed by atoms with Gasteiger partial charge < -0.3 is 24.8 Å². The van der Waals surface area contributed by atoms with E-state index >= 15 is 0 Å². The molecule has 8 nitrogen and oxygen atoms in total. The Labute approximate surface area is 183 Å². The van der Waals surface area contributed by atoms with Crippen LogP contribution in [0.3, 0.4) is 0 Å². The number of imidazole rings is 1. The summed E-state index contributed by atoms with van der Waals surface area (Å²) in [5, 5.41) is 23.2. The Balaban J connectivity index is 1.54. The van der Waals surface area contributed by atoms with E-state index in [9.17, 15) is 10.2 Å². The molecule has 30 heavy (non-hydrogen) atoms. The number of anilines is 1. The van der Waals surface area contributed by atoms with E-state index in [1.807, 2.05) is 22.8 Å². The third-order valence-electron chi connectivity index (χ3n) is 5.26. The molecule has 0 spiro atoms. The van der Waals surface area contributed by atoms with Gasteiger partial charge in [0, 0.05) is 19.6 Å². The molecule has 1 fully saturated rings. The number of aromatic nitrogens is 3. The number of fused-ring (bicyclic) bond motifs is 1. The number of halogens is 1. The highest BCUT2D eigenvalue weighted by molar-refractivity contribution is 9.10. The average molecular weight is 476 g/mol. The predicted molar refractivity (Wildman–Crippen MR) is 119 cm³/mol. The van der Waals surface area contributed by atoms with Crippen molar-refractivity contribution in [2.75, 3.05) is 44.7 Å². The van der Waals surface area contributed by atoms with Crippen LogP contribution >= 0.6 is 15.9 Å². The largest absolute Gasteiger partial charge is 0.506 e. The molecule has 3 N–H and O–H groups in total. The van der Waals surface area contributed by atoms with Crippen LogP contribution in [0.15, 0.2) is 34.9 Å². The first kappa shape index (κ1) is 21.0. The second-order valence-electron chi connectivity index (χ2n) is 7.34. The molecule has 1 aliphatic heterocycles. The minimum absolute atomic E-state index is 0.0287. The van der Waals surface area contributed by atoms with Crippen LogP contribution in [-0.4, -0.2) is 69.0 Å². The van der Waals surface area contributed by atoms with Gasteiger partial charge in [0.05, 0.1) is 37.4 Å². The molecule has 1 saturated heterocycles. The lowest BCUT2D eigenvalue weighted by Crippen LogP contribution is -2.37. The second kappa shape index (κ2) is 9.74. The molecule has 0 saturated carbocycles. The van der Waals surface area contributed by atoms with Crippen LogP contribution in [0.1, 0.15) is 17.7 Å². The summed E-state index contributed by atoms with van der Waals surface area (Å²) in [4.78, 5) is 11.6. The normalized spacial score (nSPS) is 15.0. The number of rotatable bonds is 8. The fourth-order valence-electron chi connectivity index (χ4n) is 3.63. The zero-order chi connectivity index (χ0) is 20.9. The highest BCUT2D eigenvalue weighted by Crippen LogP contribution is 2.26. The van der Waals surface area contributed by atoms with Gasteiger partial charge in [0.15, 0.2) is 0 Å². The maximum Gasteiger partial charge on any atom is 0.204 e. The van der Waals surface area contributed by atoms with Crippen molar-refractivity contribution in [1.29, 1.82) is 0 Å². The van der Waals surface area contributed by atoms with Gasteiger partial charge in [0.1, 0.15) is 16.0 Å². The molecule has 2 aromatic heterocycles. The summed E-state index contributed by atoms with van der Waals surface area (Å²) in [5.41, 5.74) is 3.09. The van der Waals surface area contributed by atoms with Crippen molar-refractivity contribution in [3.63, 3.8) is 0 Å². The first-order valence-corrected chi connectivity index (χ1v) is 10.9. The molecule has 0 radical (unpaired) electrons. The molecule has 160 valence electrons. The zero-order valence-electron chi connectivity index (χ0n) is 16.7. The van der Waals surface area contributed by atoms with Gasteiger partial charge in [0.25, 0.3) is 0 Å². The molecule has 0 aliphatic carbocycles. The quantitative estimate of drug-likeness (QED) is 0.340. The third-order valence-corrected chi connectivity index (χ3v) is 5.70. The number of nitrogens with zero attached hydrogens (tertiary/aromatic N) is 4. The first-order chi connectivity index (χ1) is 14.6. The van der Waals surface area contributed by atoms with Crippen molar-refractivity contribution in [1.82, 2.24) is 19.4 Å². The summed E-state index contributed by atoms with van der Waals surface area (Å²) >= 11 is 3.37. The number of aliphatic hydroxyl groups excluding tert-OH is 1. The van der Waals surface area contributed by atoms with Gasteiger partial charge in [-0.3, -0.25) is 4.90 Å². The summed E-state index contributed by atoms with van der Waals surface area (Å²) in [7, 11) is 0. The van der Waals surface area contributed by atoms with E-state index in [0.717, 1.165) is 68.4 Å². The van der Waals surface area contributed by atoms with Gasteiger partial charge in [-0.1, -0.05) is 6.07 Å². The lowest BCUT2D eigenvalue weighted by atomic mass is 10.2. The number of ether oxygens (including phenoxy) is 1. The van der Waals surface area contributed by atoms with Crippen molar-refractivity contribution in [2.24, 2.45) is 0 Å². The van der Waals surface area contributed by atoms with Crippen molar-refractivity contribution >= 4 is 32.9 Å². The maximum atomic E-state index is 10.3. The van der Waals surface area contributed by atoms with E-state index in [1.165, 1.54) is 0 Å². The minimum Gasteiger partial charge on any atom is -0.506 e. The molecule has 4 rings (SSSR count). The van der Waals surface area contributed by atoms with Crippen molar-refractivity contribution < 1.29 is 14.9 Å². The number of hydrogen-bond donors (Lipinski definition) is 3. The summed E-state index contributed by atoms with van der Waals surface area (Å²) in [5.74, 6) is 0.869. The molecule has 0 atom stereocenters. The lowest BCUT2D eigenvalue weighted by Gasteiger charge is -2.26. The van der Waals surface area contributed by atoms with Crippen LogP contribution in [0.25, 0.3) is 11.0 Å². The number of nitrogens with one attached hydrogen (secondary N) is 1. The van der Waals surface area contributed by atoms with Crippen LogP contribution in [0, 0.1) is 0 Å². The van der Waals surface area contributed by atoms with Crippen molar-refractivity contribution in [2.45, 2.75) is 19.6 Å². The Hall–Kier alpha value is -2.20. The summed E-state index contributed by atoms with van der Waals surface area (Å²) in [6.07, 6.45) is 0.992. The lowest BCUT2D eigenvalue weighted by molar-refractivity contribution is 0.0378. The van der Waals surface area contributed by atoms with Crippen LogP contribution < -0.4 is 5.32 Å². The Kier molecular flexibility index (Phi) is 6.83. The van der Waals surface area contributed by atoms with E-state index in [0.29, 0.717) is 16.8 Å². The summed E-state index contributed by atoms with van der Waals surface area (Å²) < 4.78 is 8.08. The van der Waals surface area contributed by atoms with Crippen molar-refractivity contribution in [3.05, 3.63) is 46.2 Å². The number of aromatic hydroxyl groups is 1. The van der Waals surface area contributed by atoms with E-state index in [1.54, 1.807) is 12.1 Å². The molecule has 9 heteroatoms. The molecular weight excluding hydrogens is 450 g/mol. The summed E-state index contributed by atoms with van der Waals surface area (Å²) in [6.45, 7) is 5.72. The van der Waals surface area contributed by atoms with E-state index in [2.05, 4.69) is 31.1 Å². The topological polar surface area (TPSA) is 95.7 Å². The Morgan fingerprint density at radius 3 is 2.77 bits per heavy atom. The maximum absolute atomic E-state index is 10.3. The number of aliphatic hydroxyl groups is 1. The van der Waals surface area contributed by atoms with Crippen LogP contribution in [0.4, 0.5) is 5.95 Å². The highest BCUT2D eigenvalue weighted by Gasteiger charge is 2.15. The standard InChI is InChI=1S/C21H26BrN5O3/c22-20-5-4-19(29)17(24-20)13-27-18-3-2-15(14-28)12-16(18)25-21(27)23-6-1-7-26-8-10-30-11-9-26/h2-5,12,28-29H,1,6-11,13-14H2,(H,23,25). The van der Waals surface area contributed by atoms with Gasteiger partial charge in [-0.15, -0.1) is 0 Å². The SMILES string of the molecule is OCc1ccc2c(c1)nc(NCCCN1CCOCC1)n2Cc1nc(Br)ccc1O. The van der Waals surface area contributed by atoms with Gasteiger partial charge in [0.2, 0.25) is 5.95 Å². The Morgan fingerprint density at radius 2 is 1.97 bits per heavy atom. The minimum atomic E-state index is -0.0287. The third kappa shape index (κ3) is 4.92. The Morgan fingerprint density at radius 1 is 1.13 bits per heavy atom. The van der Waals surface area contributed by atoms with Crippen LogP contribution in [-0.2, 0) is 17.9 Å². The molecule has 0 amide bonds. The molecule has 3 aromatic rings. The molecule has 0 bridgehead atoms. The van der Waals surface area contributed by atoms with Crippen molar-refractivity contribution in [3.8, 4) is 5.75 Å². The number of hydrogen-bond acceptors (Lipinski definition) is 7. The molecule has 0 unspecified atom stereocenters. The van der Waals surface area contributed by atoms with Gasteiger partial charge in [-0.25, -0.2) is 9.97 Å². The Bertz CT molecular complexity index is 1000. The number of morpholine rings is 1. The monoisotopic (exact) mass is 475 g/mol. The van der Waals surface area contributed by atoms with E-state index < -0.39 is 0 Å². The summed E-state index contributed by atoms with van der Waals surface area (Å²) in [6, 6.07) is 9.06. The molecule has 1 aliphatic rings. The van der Waals surface area contributed by atoms with E-state index in [-0.39, 0.29) is 12.4 Å². The fourth-order valence-corrected chi connectivity index (χ4v) is 3.98. The predicted octanol–water partition coefficient (Wildman–Crippen LogP) is 2.57. The second-order valence-corrected chi connectivity index (χ2v) is 8.15. The first-order valence-electron chi connectivity index (χ1n) is 10.1. The zero-order valence-corrected chi connectivity index (χ0v) is 18.3. The molecular formula is C21H26BrN5O3. The molecule has 1 aromatic carbocycles. The average Bonchev–Trinajstić information content (AvgIpc) is 3.11. The fraction of sp³-hybridized carbons (Fsp3) is 0.429. The molecule has 3 heterocycles. The van der Waals surface area contributed by atoms with Gasteiger partial charge in [-0.2, -0.15) is 0 Å². The van der Waals surface area contributed by atoms with Crippen LogP contribution in [0.2, 0.25) is 0 Å².